The highest BCUT2D eigenvalue weighted by Gasteiger charge is 2.12. The van der Waals surface area contributed by atoms with E-state index in [1.54, 1.807) is 30.3 Å². The van der Waals surface area contributed by atoms with Crippen LogP contribution in [0.5, 0.6) is 0 Å². The second-order valence-corrected chi connectivity index (χ2v) is 7.85. The van der Waals surface area contributed by atoms with Gasteiger partial charge in [-0.25, -0.2) is 9.19 Å². The maximum atomic E-state index is 10.9. The lowest BCUT2D eigenvalue weighted by molar-refractivity contribution is 0.191. The van der Waals surface area contributed by atoms with Crippen LogP contribution in [0.1, 0.15) is 22.8 Å². The van der Waals surface area contributed by atoms with Crippen LogP contribution in [0.2, 0.25) is 5.02 Å². The first-order valence-corrected chi connectivity index (χ1v) is 10.5. The molecule has 152 valence electrons. The van der Waals surface area contributed by atoms with E-state index in [1.807, 2.05) is 25.1 Å². The monoisotopic (exact) mass is 432 g/mol. The first-order valence-electron chi connectivity index (χ1n) is 8.81. The summed E-state index contributed by atoms with van der Waals surface area (Å²) in [5.41, 5.74) is 9.64. The number of aromatic nitrogens is 2. The minimum absolute atomic E-state index is 0.0561. The topological polar surface area (TPSA) is 121 Å². The molecular formula is C20H21ClN4O3S. The van der Waals surface area contributed by atoms with E-state index in [0.717, 1.165) is 16.7 Å². The Hall–Kier alpha value is -2.52. The van der Waals surface area contributed by atoms with Gasteiger partial charge in [-0.1, -0.05) is 48.0 Å². The maximum absolute atomic E-state index is 10.9. The van der Waals surface area contributed by atoms with Gasteiger partial charge in [-0.2, -0.15) is 4.98 Å². The Morgan fingerprint density at radius 2 is 1.93 bits per heavy atom. The third-order valence-electron chi connectivity index (χ3n) is 4.42. The summed E-state index contributed by atoms with van der Waals surface area (Å²) in [7, 11) is 0. The molecule has 3 rings (SSSR count). The van der Waals surface area contributed by atoms with Gasteiger partial charge in [-0.15, -0.1) is 0 Å². The molecule has 2 atom stereocenters. The van der Waals surface area contributed by atoms with Gasteiger partial charge in [0, 0.05) is 23.2 Å². The number of halogens is 1. The second kappa shape index (κ2) is 9.32. The number of nitrogens with two attached hydrogens (primary N) is 1. The molecule has 5 N–H and O–H groups in total. The molecule has 0 amide bonds. The van der Waals surface area contributed by atoms with Crippen molar-refractivity contribution in [3.8, 4) is 11.3 Å². The number of hydrogen-bond donors (Lipinski definition) is 4. The average Bonchev–Trinajstić information content (AvgIpc) is 2.68. The van der Waals surface area contributed by atoms with Crippen molar-refractivity contribution in [1.82, 2.24) is 9.97 Å². The first-order chi connectivity index (χ1) is 13.8. The molecule has 1 aromatic heterocycles. The lowest BCUT2D eigenvalue weighted by Gasteiger charge is -2.14. The molecule has 7 nitrogen and oxygen atoms in total. The van der Waals surface area contributed by atoms with Crippen molar-refractivity contribution in [2.24, 2.45) is 0 Å². The zero-order valence-electron chi connectivity index (χ0n) is 15.7. The standard InChI is InChI=1S/C20H21ClN4O3S/c1-12-15(3-2-4-16(12)21)17-9-19(25-20(22)24-17)23-10-18(26)14-7-5-13(6-8-14)11-29(27)28/h2-9,18,26H,10-11H2,1H3,(H,27,28)(H3,22,23,24,25). The molecule has 2 unspecified atom stereocenters. The molecule has 2 aromatic carbocycles. The highest BCUT2D eigenvalue weighted by molar-refractivity contribution is 7.78. The lowest BCUT2D eigenvalue weighted by Crippen LogP contribution is -2.14. The number of aliphatic hydroxyl groups is 1. The number of benzene rings is 2. The molecule has 1 heterocycles. The Balaban J connectivity index is 1.73. The fraction of sp³-hybridized carbons (Fsp3) is 0.200. The van der Waals surface area contributed by atoms with Crippen LogP contribution in [0.15, 0.2) is 48.5 Å². The predicted octanol–water partition coefficient (Wildman–Crippen LogP) is 3.55. The quantitative estimate of drug-likeness (QED) is 0.421. The Labute approximate surface area is 176 Å². The van der Waals surface area contributed by atoms with Crippen LogP contribution >= 0.6 is 11.6 Å². The van der Waals surface area contributed by atoms with E-state index in [2.05, 4.69) is 15.3 Å². The van der Waals surface area contributed by atoms with Crippen molar-refractivity contribution in [3.63, 3.8) is 0 Å². The fourth-order valence-electron chi connectivity index (χ4n) is 2.88. The maximum Gasteiger partial charge on any atom is 0.222 e. The number of rotatable bonds is 7. The third-order valence-corrected chi connectivity index (χ3v) is 5.41. The number of anilines is 2. The van der Waals surface area contributed by atoms with Crippen molar-refractivity contribution in [2.75, 3.05) is 17.6 Å². The van der Waals surface area contributed by atoms with Crippen LogP contribution in [0.4, 0.5) is 11.8 Å². The summed E-state index contributed by atoms with van der Waals surface area (Å²) < 4.78 is 19.8. The Bertz CT molecular complexity index is 1030. The van der Waals surface area contributed by atoms with Crippen molar-refractivity contribution in [2.45, 2.75) is 18.8 Å². The first kappa shape index (κ1) is 21.2. The summed E-state index contributed by atoms with van der Waals surface area (Å²) >= 11 is 4.30. The molecule has 29 heavy (non-hydrogen) atoms. The summed E-state index contributed by atoms with van der Waals surface area (Å²) in [6.45, 7) is 2.11. The molecule has 3 aromatic rings. The molecular weight excluding hydrogens is 412 g/mol. The summed E-state index contributed by atoms with van der Waals surface area (Å²) in [5, 5.41) is 14.1. The largest absolute Gasteiger partial charge is 0.387 e. The summed E-state index contributed by atoms with van der Waals surface area (Å²) in [6, 6.07) is 14.2. The number of nitrogen functional groups attached to an aromatic ring is 1. The average molecular weight is 433 g/mol. The summed E-state index contributed by atoms with van der Waals surface area (Å²) in [5.74, 6) is 0.652. The number of hydrogen-bond acceptors (Lipinski definition) is 6. The fourth-order valence-corrected chi connectivity index (χ4v) is 3.53. The van der Waals surface area contributed by atoms with Crippen molar-refractivity contribution in [1.29, 1.82) is 0 Å². The van der Waals surface area contributed by atoms with Crippen LogP contribution in [-0.2, 0) is 16.8 Å². The molecule has 0 saturated carbocycles. The molecule has 0 aliphatic carbocycles. The normalized spacial score (nSPS) is 13.1. The second-order valence-electron chi connectivity index (χ2n) is 6.51. The number of nitrogens with one attached hydrogen (secondary N) is 1. The molecule has 0 saturated heterocycles. The lowest BCUT2D eigenvalue weighted by atomic mass is 10.1. The zero-order valence-corrected chi connectivity index (χ0v) is 17.2. The van der Waals surface area contributed by atoms with E-state index < -0.39 is 17.2 Å². The van der Waals surface area contributed by atoms with Crippen LogP contribution in [0.3, 0.4) is 0 Å². The van der Waals surface area contributed by atoms with E-state index in [-0.39, 0.29) is 18.2 Å². The zero-order chi connectivity index (χ0) is 21.0. The van der Waals surface area contributed by atoms with Crippen LogP contribution in [-0.4, -0.2) is 30.4 Å². The Morgan fingerprint density at radius 1 is 1.21 bits per heavy atom. The molecule has 9 heteroatoms. The van der Waals surface area contributed by atoms with Crippen molar-refractivity contribution < 1.29 is 13.9 Å². The Kier molecular flexibility index (Phi) is 6.81. The SMILES string of the molecule is Cc1c(Cl)cccc1-c1cc(NCC(O)c2ccc(CS(=O)O)cc2)nc(N)n1. The molecule has 0 fully saturated rings. The van der Waals surface area contributed by atoms with Crippen LogP contribution in [0.25, 0.3) is 11.3 Å². The van der Waals surface area contributed by atoms with Gasteiger partial charge in [0.1, 0.15) is 5.82 Å². The molecule has 0 aliphatic rings. The van der Waals surface area contributed by atoms with Gasteiger partial charge in [0.05, 0.1) is 17.6 Å². The molecule has 0 aliphatic heterocycles. The highest BCUT2D eigenvalue weighted by Crippen LogP contribution is 2.28. The van der Waals surface area contributed by atoms with Gasteiger partial charge in [0.25, 0.3) is 0 Å². The van der Waals surface area contributed by atoms with E-state index in [9.17, 15) is 9.32 Å². The van der Waals surface area contributed by atoms with Gasteiger partial charge >= 0.3 is 0 Å². The predicted molar refractivity (Wildman–Crippen MR) is 116 cm³/mol. The number of nitrogens with zero attached hydrogens (tertiary/aromatic N) is 2. The van der Waals surface area contributed by atoms with E-state index >= 15 is 0 Å². The Morgan fingerprint density at radius 3 is 2.62 bits per heavy atom. The van der Waals surface area contributed by atoms with Crippen LogP contribution < -0.4 is 11.1 Å². The molecule has 0 radical (unpaired) electrons. The minimum Gasteiger partial charge on any atom is -0.387 e. The van der Waals surface area contributed by atoms with Gasteiger partial charge < -0.3 is 20.7 Å². The minimum atomic E-state index is -1.90. The van der Waals surface area contributed by atoms with E-state index in [0.29, 0.717) is 22.1 Å². The van der Waals surface area contributed by atoms with Gasteiger partial charge in [-0.3, -0.25) is 0 Å². The van der Waals surface area contributed by atoms with Crippen LogP contribution in [0, 0.1) is 6.92 Å². The third kappa shape index (κ3) is 5.51. The van der Waals surface area contributed by atoms with Gasteiger partial charge in [-0.05, 0) is 29.7 Å². The highest BCUT2D eigenvalue weighted by atomic mass is 35.5. The van der Waals surface area contributed by atoms with E-state index in [1.165, 1.54) is 0 Å². The molecule has 0 bridgehead atoms. The van der Waals surface area contributed by atoms with Crippen molar-refractivity contribution >= 4 is 34.4 Å². The van der Waals surface area contributed by atoms with Gasteiger partial charge in [0.2, 0.25) is 5.95 Å². The number of aliphatic hydroxyl groups excluding tert-OH is 1. The summed E-state index contributed by atoms with van der Waals surface area (Å²) in [6.07, 6.45) is -0.795. The molecule has 0 spiro atoms. The van der Waals surface area contributed by atoms with Gasteiger partial charge in [0.15, 0.2) is 11.1 Å². The summed E-state index contributed by atoms with van der Waals surface area (Å²) in [4.78, 5) is 8.46. The van der Waals surface area contributed by atoms with E-state index in [4.69, 9.17) is 21.9 Å². The van der Waals surface area contributed by atoms with Crippen molar-refractivity contribution in [3.05, 3.63) is 70.2 Å². The smallest absolute Gasteiger partial charge is 0.222 e.